The van der Waals surface area contributed by atoms with Gasteiger partial charge in [-0.2, -0.15) is 0 Å². The first-order valence-electron chi connectivity index (χ1n) is 8.57. The van der Waals surface area contributed by atoms with Crippen molar-refractivity contribution in [3.8, 4) is 11.3 Å². The Balaban J connectivity index is 1.73. The van der Waals surface area contributed by atoms with Gasteiger partial charge in [-0.3, -0.25) is 9.59 Å². The van der Waals surface area contributed by atoms with Crippen molar-refractivity contribution >= 4 is 23.2 Å². The topological polar surface area (TPSA) is 79.7 Å². The van der Waals surface area contributed by atoms with Crippen molar-refractivity contribution in [2.45, 2.75) is 32.8 Å². The highest BCUT2D eigenvalue weighted by molar-refractivity contribution is 7.12. The number of nitrogens with zero attached hydrogens (tertiary/aromatic N) is 2. The van der Waals surface area contributed by atoms with Gasteiger partial charge in [0, 0.05) is 23.5 Å². The van der Waals surface area contributed by atoms with Crippen molar-refractivity contribution in [3.05, 3.63) is 39.7 Å². The Hall–Kier alpha value is -2.25. The van der Waals surface area contributed by atoms with Gasteiger partial charge in [0.15, 0.2) is 0 Å². The molecule has 3 rings (SSSR count). The number of carbonyl (C=O) groups is 2. The van der Waals surface area contributed by atoms with E-state index in [9.17, 15) is 9.59 Å². The third kappa shape index (κ3) is 4.47. The van der Waals surface area contributed by atoms with Crippen LogP contribution in [0.25, 0.3) is 11.3 Å². The Morgan fingerprint density at radius 2 is 2.04 bits per heavy atom. The second-order valence-electron chi connectivity index (χ2n) is 6.48. The lowest BCUT2D eigenvalue weighted by Crippen LogP contribution is -2.46. The van der Waals surface area contributed by atoms with E-state index >= 15 is 0 Å². The SMILES string of the molecule is Cc1ccc(-c2nc(C)sc2CC(=O)N2CCOC(CC(=O)O)C2)cc1. The van der Waals surface area contributed by atoms with E-state index in [0.29, 0.717) is 19.7 Å². The number of thiazole rings is 1. The van der Waals surface area contributed by atoms with Crippen molar-refractivity contribution in [3.63, 3.8) is 0 Å². The second kappa shape index (κ2) is 7.97. The average Bonchev–Trinajstić information content (AvgIpc) is 2.95. The van der Waals surface area contributed by atoms with Crippen LogP contribution in [0.4, 0.5) is 0 Å². The summed E-state index contributed by atoms with van der Waals surface area (Å²) in [5.41, 5.74) is 3.04. The molecule has 7 heteroatoms. The molecule has 1 saturated heterocycles. The summed E-state index contributed by atoms with van der Waals surface area (Å²) in [4.78, 5) is 30.9. The molecule has 1 aromatic heterocycles. The van der Waals surface area contributed by atoms with Crippen LogP contribution in [0.1, 0.15) is 21.9 Å². The third-order valence-electron chi connectivity index (χ3n) is 4.33. The maximum Gasteiger partial charge on any atom is 0.306 e. The minimum Gasteiger partial charge on any atom is -0.481 e. The molecule has 2 heterocycles. The number of aliphatic carboxylic acids is 1. The molecule has 26 heavy (non-hydrogen) atoms. The molecule has 2 aromatic rings. The highest BCUT2D eigenvalue weighted by Gasteiger charge is 2.27. The fraction of sp³-hybridized carbons (Fsp3) is 0.421. The Kier molecular flexibility index (Phi) is 5.68. The Morgan fingerprint density at radius 1 is 1.31 bits per heavy atom. The van der Waals surface area contributed by atoms with Crippen LogP contribution in [0.3, 0.4) is 0 Å². The molecule has 1 aromatic carbocycles. The summed E-state index contributed by atoms with van der Waals surface area (Å²) in [6.45, 7) is 5.16. The number of aryl methyl sites for hydroxylation is 2. The van der Waals surface area contributed by atoms with Crippen LogP contribution in [0.5, 0.6) is 0 Å². The number of carboxylic acid groups (broad SMARTS) is 1. The summed E-state index contributed by atoms with van der Waals surface area (Å²) in [6, 6.07) is 8.12. The van der Waals surface area contributed by atoms with E-state index < -0.39 is 12.1 Å². The third-order valence-corrected chi connectivity index (χ3v) is 5.31. The summed E-state index contributed by atoms with van der Waals surface area (Å²) in [5, 5.41) is 9.85. The van der Waals surface area contributed by atoms with E-state index in [2.05, 4.69) is 4.98 Å². The molecule has 138 valence electrons. The van der Waals surface area contributed by atoms with E-state index in [1.54, 1.807) is 4.90 Å². The molecule has 0 spiro atoms. The van der Waals surface area contributed by atoms with Gasteiger partial charge in [-0.05, 0) is 13.8 Å². The monoisotopic (exact) mass is 374 g/mol. The number of benzene rings is 1. The fourth-order valence-electron chi connectivity index (χ4n) is 3.04. The molecule has 1 fully saturated rings. The molecule has 0 bridgehead atoms. The molecule has 1 aliphatic rings. The quantitative estimate of drug-likeness (QED) is 0.870. The number of amides is 1. The number of carboxylic acids is 1. The van der Waals surface area contributed by atoms with Crippen LogP contribution >= 0.6 is 11.3 Å². The summed E-state index contributed by atoms with van der Waals surface area (Å²) in [7, 11) is 0. The van der Waals surface area contributed by atoms with E-state index in [0.717, 1.165) is 21.1 Å². The zero-order valence-electron chi connectivity index (χ0n) is 14.9. The molecule has 1 aliphatic heterocycles. The Bertz CT molecular complexity index is 800. The van der Waals surface area contributed by atoms with Crippen LogP contribution in [0.15, 0.2) is 24.3 Å². The highest BCUT2D eigenvalue weighted by atomic mass is 32.1. The van der Waals surface area contributed by atoms with Crippen molar-refractivity contribution < 1.29 is 19.4 Å². The van der Waals surface area contributed by atoms with Gasteiger partial charge in [0.1, 0.15) is 0 Å². The number of aromatic nitrogens is 1. The largest absolute Gasteiger partial charge is 0.481 e. The van der Waals surface area contributed by atoms with Gasteiger partial charge in [0.25, 0.3) is 0 Å². The van der Waals surface area contributed by atoms with Gasteiger partial charge in [-0.1, -0.05) is 29.8 Å². The van der Waals surface area contributed by atoms with Crippen LogP contribution < -0.4 is 0 Å². The van der Waals surface area contributed by atoms with Crippen molar-refractivity contribution in [2.24, 2.45) is 0 Å². The summed E-state index contributed by atoms with van der Waals surface area (Å²) in [6.07, 6.45) is -0.253. The van der Waals surface area contributed by atoms with Gasteiger partial charge in [0.05, 0.1) is 36.3 Å². The van der Waals surface area contributed by atoms with E-state index in [-0.39, 0.29) is 18.7 Å². The number of carbonyl (C=O) groups excluding carboxylic acids is 1. The molecule has 0 aliphatic carbocycles. The number of morpholine rings is 1. The number of hydrogen-bond donors (Lipinski definition) is 1. The molecule has 1 amide bonds. The van der Waals surface area contributed by atoms with Gasteiger partial charge in [-0.15, -0.1) is 11.3 Å². The van der Waals surface area contributed by atoms with Gasteiger partial charge >= 0.3 is 5.97 Å². The fourth-order valence-corrected chi connectivity index (χ4v) is 3.99. The first kappa shape index (κ1) is 18.5. The minimum absolute atomic E-state index is 0.0132. The van der Waals surface area contributed by atoms with Crippen LogP contribution in [0, 0.1) is 13.8 Å². The average molecular weight is 374 g/mol. The zero-order chi connectivity index (χ0) is 18.7. The predicted octanol–water partition coefficient (Wildman–Crippen LogP) is 2.67. The normalized spacial score (nSPS) is 17.3. The number of rotatable bonds is 5. The summed E-state index contributed by atoms with van der Waals surface area (Å²) >= 11 is 1.53. The second-order valence-corrected chi connectivity index (χ2v) is 7.77. The number of hydrogen-bond acceptors (Lipinski definition) is 5. The van der Waals surface area contributed by atoms with Crippen LogP contribution in [0.2, 0.25) is 0 Å². The van der Waals surface area contributed by atoms with Crippen molar-refractivity contribution in [2.75, 3.05) is 19.7 Å². The van der Waals surface area contributed by atoms with E-state index in [1.807, 2.05) is 38.1 Å². The van der Waals surface area contributed by atoms with Gasteiger partial charge in [-0.25, -0.2) is 4.98 Å². The molecular weight excluding hydrogens is 352 g/mol. The minimum atomic E-state index is -0.913. The smallest absolute Gasteiger partial charge is 0.306 e. The Labute approximate surface area is 156 Å². The number of ether oxygens (including phenoxy) is 1. The lowest BCUT2D eigenvalue weighted by molar-refractivity contribution is -0.147. The van der Waals surface area contributed by atoms with Crippen LogP contribution in [-0.2, 0) is 20.7 Å². The lowest BCUT2D eigenvalue weighted by Gasteiger charge is -2.32. The van der Waals surface area contributed by atoms with Crippen LogP contribution in [-0.4, -0.2) is 52.7 Å². The Morgan fingerprint density at radius 3 is 2.73 bits per heavy atom. The molecule has 1 atom stereocenters. The molecule has 1 N–H and O–H groups in total. The molecule has 6 nitrogen and oxygen atoms in total. The summed E-state index contributed by atoms with van der Waals surface area (Å²) in [5.74, 6) is -0.926. The standard InChI is InChI=1S/C19H22N2O4S/c1-12-3-5-14(6-4-12)19-16(26-13(2)20-19)10-17(22)21-7-8-25-15(11-21)9-18(23)24/h3-6,15H,7-11H2,1-2H3,(H,23,24). The van der Waals surface area contributed by atoms with Crippen molar-refractivity contribution in [1.29, 1.82) is 0 Å². The maximum absolute atomic E-state index is 12.7. The molecule has 0 saturated carbocycles. The maximum atomic E-state index is 12.7. The molecular formula is C19H22N2O4S. The highest BCUT2D eigenvalue weighted by Crippen LogP contribution is 2.29. The van der Waals surface area contributed by atoms with Gasteiger partial charge < -0.3 is 14.7 Å². The first-order valence-corrected chi connectivity index (χ1v) is 9.38. The van der Waals surface area contributed by atoms with E-state index in [1.165, 1.54) is 16.9 Å². The van der Waals surface area contributed by atoms with E-state index in [4.69, 9.17) is 9.84 Å². The van der Waals surface area contributed by atoms with Crippen molar-refractivity contribution in [1.82, 2.24) is 9.88 Å². The lowest BCUT2D eigenvalue weighted by atomic mass is 10.1. The predicted molar refractivity (Wildman–Crippen MR) is 99.3 cm³/mol. The summed E-state index contributed by atoms with van der Waals surface area (Å²) < 4.78 is 5.44. The molecule has 0 radical (unpaired) electrons. The first-order chi connectivity index (χ1) is 12.4. The zero-order valence-corrected chi connectivity index (χ0v) is 15.7. The molecule has 1 unspecified atom stereocenters. The van der Waals surface area contributed by atoms with Gasteiger partial charge in [0.2, 0.25) is 5.91 Å².